The van der Waals surface area contributed by atoms with E-state index in [4.69, 9.17) is 9.84 Å². The number of carbonyl (C=O) groups excluding carboxylic acids is 1. The number of hydrogen-bond donors (Lipinski definition) is 2. The van der Waals surface area contributed by atoms with Crippen molar-refractivity contribution in [2.24, 2.45) is 0 Å². The van der Waals surface area contributed by atoms with E-state index in [0.29, 0.717) is 6.07 Å². The zero-order valence-electron chi connectivity index (χ0n) is 11.9. The summed E-state index contributed by atoms with van der Waals surface area (Å²) in [6, 6.07) is 1.65. The maximum atomic E-state index is 12.4. The fraction of sp³-hybridized carbons (Fsp3) is 0.462. The molecule has 0 spiro atoms. The highest BCUT2D eigenvalue weighted by atomic mass is 19.4. The molecule has 1 unspecified atom stereocenters. The van der Waals surface area contributed by atoms with Gasteiger partial charge in [-0.05, 0) is 19.1 Å². The molecule has 0 bridgehead atoms. The van der Waals surface area contributed by atoms with E-state index in [1.165, 1.54) is 14.0 Å². The fourth-order valence-corrected chi connectivity index (χ4v) is 1.83. The van der Waals surface area contributed by atoms with E-state index in [2.05, 4.69) is 10.3 Å². The van der Waals surface area contributed by atoms with Gasteiger partial charge in [0.1, 0.15) is 5.69 Å². The van der Waals surface area contributed by atoms with Crippen LogP contribution in [-0.4, -0.2) is 41.2 Å². The molecule has 9 heteroatoms. The van der Waals surface area contributed by atoms with E-state index in [-0.39, 0.29) is 12.2 Å². The highest BCUT2D eigenvalue weighted by molar-refractivity contribution is 5.94. The van der Waals surface area contributed by atoms with Crippen molar-refractivity contribution in [2.45, 2.75) is 25.1 Å². The molecule has 1 amide bonds. The van der Waals surface area contributed by atoms with E-state index in [0.717, 1.165) is 12.3 Å². The average molecular weight is 320 g/mol. The van der Waals surface area contributed by atoms with Crippen LogP contribution in [0.4, 0.5) is 13.2 Å². The molecule has 1 rings (SSSR count). The molecule has 0 saturated heterocycles. The Hall–Kier alpha value is -2.16. The maximum Gasteiger partial charge on any atom is 0.433 e. The number of methoxy groups -OCH3 is 1. The number of rotatable bonds is 6. The van der Waals surface area contributed by atoms with Crippen LogP contribution >= 0.6 is 0 Å². The highest BCUT2D eigenvalue weighted by Gasteiger charge is 2.33. The van der Waals surface area contributed by atoms with Gasteiger partial charge < -0.3 is 15.2 Å². The van der Waals surface area contributed by atoms with Gasteiger partial charge in [0.05, 0.1) is 24.1 Å². The van der Waals surface area contributed by atoms with Gasteiger partial charge >= 0.3 is 12.1 Å². The first-order chi connectivity index (χ1) is 10.1. The van der Waals surface area contributed by atoms with Gasteiger partial charge in [-0.3, -0.25) is 14.6 Å². The Kier molecular flexibility index (Phi) is 5.48. The summed E-state index contributed by atoms with van der Waals surface area (Å²) in [4.78, 5) is 26.0. The van der Waals surface area contributed by atoms with Crippen molar-refractivity contribution >= 4 is 11.9 Å². The monoisotopic (exact) mass is 320 g/mol. The Labute approximate surface area is 124 Å². The summed E-state index contributed by atoms with van der Waals surface area (Å²) in [6.07, 6.45) is -4.21. The van der Waals surface area contributed by atoms with Crippen molar-refractivity contribution in [2.75, 3.05) is 13.7 Å². The summed E-state index contributed by atoms with van der Waals surface area (Å²) in [5.74, 6) is -1.88. The number of aliphatic carboxylic acids is 1. The molecule has 0 radical (unpaired) electrons. The highest BCUT2D eigenvalue weighted by Crippen LogP contribution is 2.27. The molecule has 1 atom stereocenters. The van der Waals surface area contributed by atoms with E-state index < -0.39 is 35.7 Å². The molecule has 2 N–H and O–H groups in total. The van der Waals surface area contributed by atoms with Crippen molar-refractivity contribution in [3.05, 3.63) is 29.6 Å². The number of nitrogens with zero attached hydrogens (tertiary/aromatic N) is 1. The smallest absolute Gasteiger partial charge is 0.433 e. The van der Waals surface area contributed by atoms with Gasteiger partial charge in [-0.25, -0.2) is 0 Å². The molecule has 1 aromatic heterocycles. The minimum absolute atomic E-state index is 0.0703. The topological polar surface area (TPSA) is 88.5 Å². The summed E-state index contributed by atoms with van der Waals surface area (Å²) in [7, 11) is 1.34. The number of aromatic nitrogens is 1. The third kappa shape index (κ3) is 4.99. The molecule has 0 aromatic carbocycles. The molecule has 0 aliphatic carbocycles. The Balaban J connectivity index is 2.88. The van der Waals surface area contributed by atoms with E-state index >= 15 is 0 Å². The van der Waals surface area contributed by atoms with Crippen LogP contribution in [0.25, 0.3) is 0 Å². The Bertz CT molecular complexity index is 545. The summed E-state index contributed by atoms with van der Waals surface area (Å²) in [5.41, 5.74) is -2.42. The fourth-order valence-electron chi connectivity index (χ4n) is 1.83. The van der Waals surface area contributed by atoms with Crippen LogP contribution in [0.5, 0.6) is 0 Å². The van der Waals surface area contributed by atoms with Crippen molar-refractivity contribution < 1.29 is 32.6 Å². The molecule has 122 valence electrons. The molecule has 0 saturated carbocycles. The third-order valence-corrected chi connectivity index (χ3v) is 2.74. The SMILES string of the molecule is COCC(C)(CC(=O)O)NC(=O)c1ccc(C(F)(F)F)nc1. The van der Waals surface area contributed by atoms with Crippen LogP contribution in [0.3, 0.4) is 0 Å². The molecule has 1 heterocycles. The van der Waals surface area contributed by atoms with Crippen molar-refractivity contribution in [3.63, 3.8) is 0 Å². The summed E-state index contributed by atoms with van der Waals surface area (Å²) < 4.78 is 42.0. The molecule has 22 heavy (non-hydrogen) atoms. The van der Waals surface area contributed by atoms with Gasteiger partial charge in [0.25, 0.3) is 5.91 Å². The predicted molar refractivity (Wildman–Crippen MR) is 69.2 cm³/mol. The van der Waals surface area contributed by atoms with Crippen LogP contribution in [0.2, 0.25) is 0 Å². The van der Waals surface area contributed by atoms with E-state index in [1.807, 2.05) is 0 Å². The van der Waals surface area contributed by atoms with E-state index in [1.54, 1.807) is 0 Å². The number of carbonyl (C=O) groups is 2. The first-order valence-electron chi connectivity index (χ1n) is 6.14. The molecule has 1 aromatic rings. The van der Waals surface area contributed by atoms with Gasteiger partial charge in [-0.15, -0.1) is 0 Å². The summed E-state index contributed by atoms with van der Waals surface area (Å²) in [6.45, 7) is 1.39. The zero-order chi connectivity index (χ0) is 17.0. The lowest BCUT2D eigenvalue weighted by Crippen LogP contribution is -2.50. The molecular formula is C13H15F3N2O4. The van der Waals surface area contributed by atoms with Crippen LogP contribution in [0.1, 0.15) is 29.4 Å². The zero-order valence-corrected chi connectivity index (χ0v) is 11.9. The van der Waals surface area contributed by atoms with Crippen LogP contribution in [-0.2, 0) is 15.7 Å². The maximum absolute atomic E-state index is 12.4. The third-order valence-electron chi connectivity index (χ3n) is 2.74. The Morgan fingerprint density at radius 2 is 2.00 bits per heavy atom. The lowest BCUT2D eigenvalue weighted by molar-refractivity contribution is -0.141. The lowest BCUT2D eigenvalue weighted by atomic mass is 9.98. The minimum atomic E-state index is -4.59. The summed E-state index contributed by atoms with van der Waals surface area (Å²) >= 11 is 0. The minimum Gasteiger partial charge on any atom is -0.481 e. The van der Waals surface area contributed by atoms with Gasteiger partial charge in [0, 0.05) is 13.3 Å². The number of hydrogen-bond acceptors (Lipinski definition) is 4. The normalized spacial score (nSPS) is 14.2. The number of amides is 1. The largest absolute Gasteiger partial charge is 0.481 e. The second-order valence-corrected chi connectivity index (χ2v) is 4.95. The van der Waals surface area contributed by atoms with Gasteiger partial charge in [0.2, 0.25) is 0 Å². The van der Waals surface area contributed by atoms with E-state index in [9.17, 15) is 22.8 Å². The average Bonchev–Trinajstić information content (AvgIpc) is 2.36. The Morgan fingerprint density at radius 3 is 2.41 bits per heavy atom. The molecule has 0 aliphatic rings. The number of halogens is 3. The number of ether oxygens (including phenoxy) is 1. The first-order valence-corrected chi connectivity index (χ1v) is 6.14. The standard InChI is InChI=1S/C13H15F3N2O4/c1-12(7-22-2,5-10(19)20)18-11(21)8-3-4-9(17-6-8)13(14,15)16/h3-4,6H,5,7H2,1-2H3,(H,18,21)(H,19,20). The van der Waals surface area contributed by atoms with Crippen LogP contribution in [0, 0.1) is 0 Å². The van der Waals surface area contributed by atoms with Crippen molar-refractivity contribution in [1.29, 1.82) is 0 Å². The quantitative estimate of drug-likeness (QED) is 0.833. The van der Waals surface area contributed by atoms with Crippen LogP contribution in [0.15, 0.2) is 18.3 Å². The molecular weight excluding hydrogens is 305 g/mol. The van der Waals surface area contributed by atoms with Crippen LogP contribution < -0.4 is 5.32 Å². The second-order valence-electron chi connectivity index (χ2n) is 4.95. The number of alkyl halides is 3. The number of carboxylic acid groups (broad SMARTS) is 1. The molecule has 6 nitrogen and oxygen atoms in total. The first kappa shape index (κ1) is 17.9. The van der Waals surface area contributed by atoms with Crippen molar-refractivity contribution in [1.82, 2.24) is 10.3 Å². The van der Waals surface area contributed by atoms with Gasteiger partial charge in [0.15, 0.2) is 0 Å². The lowest BCUT2D eigenvalue weighted by Gasteiger charge is -2.28. The number of pyridine rings is 1. The molecule has 0 fully saturated rings. The number of nitrogens with one attached hydrogen (secondary N) is 1. The van der Waals surface area contributed by atoms with Gasteiger partial charge in [-0.2, -0.15) is 13.2 Å². The number of carboxylic acids is 1. The predicted octanol–water partition coefficient (Wildman–Crippen LogP) is 1.71. The van der Waals surface area contributed by atoms with Gasteiger partial charge in [-0.1, -0.05) is 0 Å². The van der Waals surface area contributed by atoms with Crippen molar-refractivity contribution in [3.8, 4) is 0 Å². The molecule has 0 aliphatic heterocycles. The second kappa shape index (κ2) is 6.73. The Morgan fingerprint density at radius 1 is 1.36 bits per heavy atom. The summed E-state index contributed by atoms with van der Waals surface area (Å²) in [5, 5.41) is 11.3.